The first-order chi connectivity index (χ1) is 14.7. The molecular formula is C23H26ClN3O3S. The number of ether oxygens (including phenoxy) is 2. The summed E-state index contributed by atoms with van der Waals surface area (Å²) in [4.78, 5) is 21.1. The third kappa shape index (κ3) is 4.88. The lowest BCUT2D eigenvalue weighted by molar-refractivity contribution is 0.0240. The predicted molar refractivity (Wildman–Crippen MR) is 127 cm³/mol. The molecule has 0 atom stereocenters. The summed E-state index contributed by atoms with van der Waals surface area (Å²) < 4.78 is 11.7. The number of amides is 1. The van der Waals surface area contributed by atoms with Crippen LogP contribution in [0, 0.1) is 0 Å². The highest BCUT2D eigenvalue weighted by molar-refractivity contribution is 7.21. The molecular weight excluding hydrogens is 434 g/mol. The average molecular weight is 460 g/mol. The average Bonchev–Trinajstić information content (AvgIpc) is 3.17. The highest BCUT2D eigenvalue weighted by Crippen LogP contribution is 2.37. The number of methoxy groups -OCH3 is 1. The molecule has 0 spiro atoms. The minimum atomic E-state index is -0.474. The Kier molecular flexibility index (Phi) is 5.99. The largest absolute Gasteiger partial charge is 0.487 e. The Morgan fingerprint density at radius 1 is 1.10 bits per heavy atom. The van der Waals surface area contributed by atoms with Crippen LogP contribution in [0.3, 0.4) is 0 Å². The van der Waals surface area contributed by atoms with Crippen molar-refractivity contribution in [1.29, 1.82) is 0 Å². The molecule has 1 amide bonds. The van der Waals surface area contributed by atoms with E-state index < -0.39 is 5.60 Å². The van der Waals surface area contributed by atoms with Crippen molar-refractivity contribution in [3.05, 3.63) is 41.4 Å². The fraction of sp³-hybridized carbons (Fsp3) is 0.391. The zero-order chi connectivity index (χ0) is 22.2. The number of thiophene rings is 1. The Labute approximate surface area is 191 Å². The van der Waals surface area contributed by atoms with E-state index in [0.717, 1.165) is 45.3 Å². The summed E-state index contributed by atoms with van der Waals surface area (Å²) in [6, 6.07) is 12.1. The van der Waals surface area contributed by atoms with Gasteiger partial charge in [-0.15, -0.1) is 0 Å². The molecule has 0 unspecified atom stereocenters. The number of benzene rings is 1. The maximum absolute atomic E-state index is 12.3. The van der Waals surface area contributed by atoms with Crippen LogP contribution < -0.4 is 9.64 Å². The van der Waals surface area contributed by atoms with Gasteiger partial charge in [0.15, 0.2) is 5.06 Å². The van der Waals surface area contributed by atoms with Crippen LogP contribution in [0.4, 0.5) is 10.5 Å². The maximum atomic E-state index is 12.3. The van der Waals surface area contributed by atoms with E-state index in [9.17, 15) is 4.79 Å². The van der Waals surface area contributed by atoms with Crippen LogP contribution in [0.1, 0.15) is 20.8 Å². The number of hydrogen-bond acceptors (Lipinski definition) is 6. The molecule has 0 bridgehead atoms. The number of rotatable bonds is 3. The highest BCUT2D eigenvalue weighted by Gasteiger charge is 2.26. The number of pyridine rings is 1. The van der Waals surface area contributed by atoms with Gasteiger partial charge in [0.05, 0.1) is 28.0 Å². The van der Waals surface area contributed by atoms with Gasteiger partial charge in [-0.2, -0.15) is 0 Å². The van der Waals surface area contributed by atoms with Crippen LogP contribution >= 0.6 is 22.9 Å². The maximum Gasteiger partial charge on any atom is 0.410 e. The van der Waals surface area contributed by atoms with Crippen LogP contribution in [-0.4, -0.2) is 54.9 Å². The van der Waals surface area contributed by atoms with Gasteiger partial charge in [0.25, 0.3) is 0 Å². The second-order valence-corrected chi connectivity index (χ2v) is 9.90. The summed E-state index contributed by atoms with van der Waals surface area (Å²) in [5.74, 6) is 0. The van der Waals surface area contributed by atoms with E-state index in [0.29, 0.717) is 18.1 Å². The van der Waals surface area contributed by atoms with Crippen molar-refractivity contribution >= 4 is 44.9 Å². The molecule has 0 aliphatic carbocycles. The molecule has 0 N–H and O–H groups in total. The van der Waals surface area contributed by atoms with Gasteiger partial charge in [-0.1, -0.05) is 35.1 Å². The van der Waals surface area contributed by atoms with Gasteiger partial charge in [-0.25, -0.2) is 9.78 Å². The van der Waals surface area contributed by atoms with Crippen LogP contribution in [0.15, 0.2) is 36.4 Å². The quantitative estimate of drug-likeness (QED) is 0.504. The third-order valence-electron chi connectivity index (χ3n) is 5.07. The molecule has 1 aliphatic heterocycles. The first-order valence-corrected chi connectivity index (χ1v) is 11.4. The van der Waals surface area contributed by atoms with E-state index in [1.54, 1.807) is 12.0 Å². The van der Waals surface area contributed by atoms with Crippen LogP contribution in [0.5, 0.6) is 5.06 Å². The Hall–Kier alpha value is -2.51. The fourth-order valence-electron chi connectivity index (χ4n) is 3.53. The van der Waals surface area contributed by atoms with E-state index in [-0.39, 0.29) is 6.09 Å². The van der Waals surface area contributed by atoms with Crippen molar-refractivity contribution in [2.24, 2.45) is 0 Å². The molecule has 0 saturated carbocycles. The van der Waals surface area contributed by atoms with Crippen molar-refractivity contribution in [2.75, 3.05) is 38.2 Å². The van der Waals surface area contributed by atoms with Gasteiger partial charge in [-0.3, -0.25) is 0 Å². The lowest BCUT2D eigenvalue weighted by Gasteiger charge is -2.36. The topological polar surface area (TPSA) is 54.9 Å². The van der Waals surface area contributed by atoms with Crippen LogP contribution in [0.2, 0.25) is 5.02 Å². The molecule has 3 heterocycles. The molecule has 8 heteroatoms. The summed E-state index contributed by atoms with van der Waals surface area (Å²) in [6.45, 7) is 8.48. The summed E-state index contributed by atoms with van der Waals surface area (Å²) in [6.07, 6.45) is -0.245. The van der Waals surface area contributed by atoms with E-state index in [1.165, 1.54) is 11.3 Å². The molecule has 164 valence electrons. The molecule has 6 nitrogen and oxygen atoms in total. The standard InChI is InChI=1S/C23H26ClN3O3S/c1-23(2,3)30-22(28)27-11-9-26(10-12-27)16-7-5-15(6-8-16)18-13-17(24)21-19(25-18)14-20(29-4)31-21/h5-8,13-14H,9-12H2,1-4H3. The number of aromatic nitrogens is 1. The van der Waals surface area contributed by atoms with Crippen molar-refractivity contribution in [3.8, 4) is 16.3 Å². The van der Waals surface area contributed by atoms with Crippen LogP contribution in [0.25, 0.3) is 21.5 Å². The Bertz CT molecular complexity index is 1080. The van der Waals surface area contributed by atoms with Crippen molar-refractivity contribution in [3.63, 3.8) is 0 Å². The summed E-state index contributed by atoms with van der Waals surface area (Å²) in [5.41, 5.74) is 3.33. The first kappa shape index (κ1) is 21.7. The van der Waals surface area contributed by atoms with E-state index in [2.05, 4.69) is 29.2 Å². The number of carbonyl (C=O) groups is 1. The van der Waals surface area contributed by atoms with Gasteiger partial charge in [0, 0.05) is 43.5 Å². The Morgan fingerprint density at radius 3 is 2.39 bits per heavy atom. The van der Waals surface area contributed by atoms with E-state index in [4.69, 9.17) is 26.1 Å². The molecule has 4 rings (SSSR count). The third-order valence-corrected chi connectivity index (χ3v) is 6.60. The lowest BCUT2D eigenvalue weighted by atomic mass is 10.1. The number of carbonyl (C=O) groups excluding carboxylic acids is 1. The van der Waals surface area contributed by atoms with E-state index in [1.807, 2.05) is 32.9 Å². The summed E-state index contributed by atoms with van der Waals surface area (Å²) >= 11 is 7.97. The molecule has 2 aromatic heterocycles. The van der Waals surface area contributed by atoms with Gasteiger partial charge in [0.1, 0.15) is 5.60 Å². The normalized spacial score (nSPS) is 14.7. The zero-order valence-electron chi connectivity index (χ0n) is 18.1. The molecule has 31 heavy (non-hydrogen) atoms. The van der Waals surface area contributed by atoms with Crippen molar-refractivity contribution in [1.82, 2.24) is 9.88 Å². The second kappa shape index (κ2) is 8.55. The number of halogens is 1. The minimum Gasteiger partial charge on any atom is -0.487 e. The summed E-state index contributed by atoms with van der Waals surface area (Å²) in [7, 11) is 1.64. The number of anilines is 1. The first-order valence-electron chi connectivity index (χ1n) is 10.2. The van der Waals surface area contributed by atoms with E-state index >= 15 is 0 Å². The zero-order valence-corrected chi connectivity index (χ0v) is 19.7. The second-order valence-electron chi connectivity index (χ2n) is 8.47. The van der Waals surface area contributed by atoms with Crippen LogP contribution in [-0.2, 0) is 4.74 Å². The predicted octanol–water partition coefficient (Wildman–Crippen LogP) is 5.68. The number of nitrogens with zero attached hydrogens (tertiary/aromatic N) is 3. The SMILES string of the molecule is COc1cc2nc(-c3ccc(N4CCN(C(=O)OC(C)(C)C)CC4)cc3)cc(Cl)c2s1. The monoisotopic (exact) mass is 459 g/mol. The highest BCUT2D eigenvalue weighted by atomic mass is 35.5. The Morgan fingerprint density at radius 2 is 1.77 bits per heavy atom. The number of fused-ring (bicyclic) bond motifs is 1. The minimum absolute atomic E-state index is 0.245. The van der Waals surface area contributed by atoms with Gasteiger partial charge in [0.2, 0.25) is 0 Å². The summed E-state index contributed by atoms with van der Waals surface area (Å²) in [5, 5.41) is 1.47. The molecule has 1 saturated heterocycles. The molecule has 1 aromatic carbocycles. The molecule has 3 aromatic rings. The van der Waals surface area contributed by atoms with Gasteiger partial charge in [-0.05, 0) is 39.0 Å². The fourth-order valence-corrected chi connectivity index (χ4v) is 4.66. The van der Waals surface area contributed by atoms with Gasteiger partial charge < -0.3 is 19.3 Å². The molecule has 1 aliphatic rings. The van der Waals surface area contributed by atoms with Gasteiger partial charge >= 0.3 is 6.09 Å². The molecule has 1 fully saturated rings. The number of hydrogen-bond donors (Lipinski definition) is 0. The van der Waals surface area contributed by atoms with Crippen molar-refractivity contribution in [2.45, 2.75) is 26.4 Å². The molecule has 0 radical (unpaired) electrons. The number of piperazine rings is 1. The van der Waals surface area contributed by atoms with Crippen molar-refractivity contribution < 1.29 is 14.3 Å². The lowest BCUT2D eigenvalue weighted by Crippen LogP contribution is -2.50. The Balaban J connectivity index is 1.44. The smallest absolute Gasteiger partial charge is 0.410 e.